The van der Waals surface area contributed by atoms with E-state index in [0.717, 1.165) is 19.3 Å². The summed E-state index contributed by atoms with van der Waals surface area (Å²) in [5.74, 6) is 0.0386. The Balaban J connectivity index is 2.70. The Bertz CT molecular complexity index is 259. The van der Waals surface area contributed by atoms with E-state index < -0.39 is 0 Å². The van der Waals surface area contributed by atoms with Gasteiger partial charge in [-0.15, -0.1) is 0 Å². The fourth-order valence-corrected chi connectivity index (χ4v) is 2.38. The largest absolute Gasteiger partial charge is 0.277 e. The summed E-state index contributed by atoms with van der Waals surface area (Å²) in [5, 5.41) is 0. The Hall–Kier alpha value is -0.860. The monoisotopic (exact) mass is 225 g/mol. The highest BCUT2D eigenvalue weighted by atomic mass is 16.2. The van der Waals surface area contributed by atoms with Gasteiger partial charge >= 0.3 is 0 Å². The van der Waals surface area contributed by atoms with E-state index >= 15 is 0 Å². The number of carbonyl (C=O) groups is 2. The number of hydrogen-bond acceptors (Lipinski definition) is 2. The van der Waals surface area contributed by atoms with E-state index in [1.165, 1.54) is 17.7 Å². The van der Waals surface area contributed by atoms with Crippen LogP contribution in [0.1, 0.15) is 65.7 Å². The van der Waals surface area contributed by atoms with Crippen LogP contribution in [0, 0.1) is 0 Å². The molecule has 92 valence electrons. The number of carbonyl (C=O) groups excluding carboxylic acids is 2. The van der Waals surface area contributed by atoms with Crippen molar-refractivity contribution >= 4 is 11.8 Å². The number of amides is 2. The fourth-order valence-electron chi connectivity index (χ4n) is 2.38. The normalized spacial score (nSPS) is 20.3. The average Bonchev–Trinajstić information content (AvgIpc) is 2.59. The van der Waals surface area contributed by atoms with Crippen LogP contribution in [0.2, 0.25) is 0 Å². The highest BCUT2D eigenvalue weighted by molar-refractivity contribution is 6.02. The Morgan fingerprint density at radius 3 is 2.12 bits per heavy atom. The number of likely N-dealkylation sites (tertiary alicyclic amines) is 1. The zero-order valence-electron chi connectivity index (χ0n) is 10.7. The third-order valence-electron chi connectivity index (χ3n) is 3.67. The second-order valence-electron chi connectivity index (χ2n) is 4.93. The summed E-state index contributed by atoms with van der Waals surface area (Å²) >= 11 is 0. The number of imide groups is 1. The molecule has 0 spiro atoms. The lowest BCUT2D eigenvalue weighted by Crippen LogP contribution is -2.49. The van der Waals surface area contributed by atoms with Gasteiger partial charge in [-0.25, -0.2) is 0 Å². The first kappa shape index (κ1) is 13.2. The van der Waals surface area contributed by atoms with E-state index in [1.807, 2.05) is 6.92 Å². The molecule has 0 saturated carbocycles. The molecule has 1 aliphatic heterocycles. The van der Waals surface area contributed by atoms with Crippen LogP contribution in [-0.4, -0.2) is 22.3 Å². The minimum Gasteiger partial charge on any atom is -0.277 e. The quantitative estimate of drug-likeness (QED) is 0.515. The molecule has 0 N–H and O–H groups in total. The summed E-state index contributed by atoms with van der Waals surface area (Å²) in [6, 6.07) is 0. The number of nitrogens with zero attached hydrogens (tertiary/aromatic N) is 1. The molecule has 1 heterocycles. The topological polar surface area (TPSA) is 37.4 Å². The van der Waals surface area contributed by atoms with Crippen LogP contribution in [0.4, 0.5) is 0 Å². The standard InChI is InChI=1S/C13H23NO2/c1-4-6-7-10-13(3,5-2)14-11(15)8-9-12(14)16/h4-10H2,1-3H3. The Labute approximate surface area is 98.2 Å². The van der Waals surface area contributed by atoms with E-state index in [1.54, 1.807) is 0 Å². The Morgan fingerprint density at radius 1 is 1.12 bits per heavy atom. The number of unbranched alkanes of at least 4 members (excludes halogenated alkanes) is 2. The molecule has 0 aromatic carbocycles. The summed E-state index contributed by atoms with van der Waals surface area (Å²) in [7, 11) is 0. The Kier molecular flexibility index (Phi) is 4.51. The first-order valence-corrected chi connectivity index (χ1v) is 6.41. The Morgan fingerprint density at radius 2 is 1.69 bits per heavy atom. The van der Waals surface area contributed by atoms with Crippen molar-refractivity contribution in [3.63, 3.8) is 0 Å². The highest BCUT2D eigenvalue weighted by Gasteiger charge is 2.41. The van der Waals surface area contributed by atoms with Gasteiger partial charge in [-0.1, -0.05) is 33.1 Å². The van der Waals surface area contributed by atoms with Crippen LogP contribution < -0.4 is 0 Å². The summed E-state index contributed by atoms with van der Waals surface area (Å²) in [5.41, 5.74) is -0.250. The molecular weight excluding hydrogens is 202 g/mol. The summed E-state index contributed by atoms with van der Waals surface area (Å²) in [6.45, 7) is 6.27. The molecule has 0 bridgehead atoms. The molecule has 3 nitrogen and oxygen atoms in total. The van der Waals surface area contributed by atoms with Gasteiger partial charge in [0.2, 0.25) is 11.8 Å². The van der Waals surface area contributed by atoms with Gasteiger partial charge in [-0.3, -0.25) is 14.5 Å². The minimum absolute atomic E-state index is 0.0193. The van der Waals surface area contributed by atoms with E-state index in [4.69, 9.17) is 0 Å². The smallest absolute Gasteiger partial charge is 0.230 e. The molecule has 3 heteroatoms. The van der Waals surface area contributed by atoms with Crippen molar-refractivity contribution < 1.29 is 9.59 Å². The van der Waals surface area contributed by atoms with E-state index in [2.05, 4.69) is 13.8 Å². The molecule has 1 atom stereocenters. The van der Waals surface area contributed by atoms with Gasteiger partial charge in [0.15, 0.2) is 0 Å². The predicted octanol–water partition coefficient (Wildman–Crippen LogP) is 2.88. The third-order valence-corrected chi connectivity index (χ3v) is 3.67. The van der Waals surface area contributed by atoms with Gasteiger partial charge < -0.3 is 0 Å². The lowest BCUT2D eigenvalue weighted by atomic mass is 9.89. The lowest BCUT2D eigenvalue weighted by Gasteiger charge is -2.37. The minimum atomic E-state index is -0.250. The molecule has 1 rings (SSSR count). The number of hydrogen-bond donors (Lipinski definition) is 0. The van der Waals surface area contributed by atoms with E-state index in [-0.39, 0.29) is 17.4 Å². The van der Waals surface area contributed by atoms with Crippen molar-refractivity contribution in [2.24, 2.45) is 0 Å². The SMILES string of the molecule is CCCCCC(C)(CC)N1C(=O)CCC1=O. The summed E-state index contributed by atoms with van der Waals surface area (Å²) in [4.78, 5) is 25.0. The molecule has 1 fully saturated rings. The average molecular weight is 225 g/mol. The zero-order chi connectivity index (χ0) is 12.2. The molecule has 0 radical (unpaired) electrons. The van der Waals surface area contributed by atoms with Crippen LogP contribution in [-0.2, 0) is 9.59 Å². The maximum Gasteiger partial charge on any atom is 0.230 e. The van der Waals surface area contributed by atoms with Gasteiger partial charge in [0, 0.05) is 18.4 Å². The van der Waals surface area contributed by atoms with Crippen molar-refractivity contribution in [3.8, 4) is 0 Å². The number of rotatable bonds is 6. The first-order chi connectivity index (χ1) is 7.55. The van der Waals surface area contributed by atoms with Crippen LogP contribution in [0.15, 0.2) is 0 Å². The van der Waals surface area contributed by atoms with Crippen molar-refractivity contribution in [3.05, 3.63) is 0 Å². The van der Waals surface area contributed by atoms with Gasteiger partial charge in [0.05, 0.1) is 0 Å². The molecule has 1 aliphatic rings. The van der Waals surface area contributed by atoms with E-state index in [0.29, 0.717) is 12.8 Å². The van der Waals surface area contributed by atoms with Gasteiger partial charge in [0.1, 0.15) is 0 Å². The highest BCUT2D eigenvalue weighted by Crippen LogP contribution is 2.31. The molecule has 16 heavy (non-hydrogen) atoms. The first-order valence-electron chi connectivity index (χ1n) is 6.41. The molecule has 1 unspecified atom stereocenters. The summed E-state index contributed by atoms with van der Waals surface area (Å²) < 4.78 is 0. The van der Waals surface area contributed by atoms with Gasteiger partial charge in [0.25, 0.3) is 0 Å². The molecule has 2 amide bonds. The summed E-state index contributed by atoms with van der Waals surface area (Å²) in [6.07, 6.45) is 6.04. The molecule has 0 aromatic heterocycles. The van der Waals surface area contributed by atoms with Crippen molar-refractivity contribution in [1.82, 2.24) is 4.90 Å². The maximum absolute atomic E-state index is 11.7. The molecule has 1 saturated heterocycles. The van der Waals surface area contributed by atoms with Gasteiger partial charge in [-0.05, 0) is 19.8 Å². The van der Waals surface area contributed by atoms with Gasteiger partial charge in [-0.2, -0.15) is 0 Å². The lowest BCUT2D eigenvalue weighted by molar-refractivity contribution is -0.145. The predicted molar refractivity (Wildman–Crippen MR) is 63.9 cm³/mol. The van der Waals surface area contributed by atoms with Crippen LogP contribution in [0.3, 0.4) is 0 Å². The fraction of sp³-hybridized carbons (Fsp3) is 0.846. The van der Waals surface area contributed by atoms with Crippen molar-refractivity contribution in [2.45, 2.75) is 71.3 Å². The van der Waals surface area contributed by atoms with Crippen molar-refractivity contribution in [1.29, 1.82) is 0 Å². The second kappa shape index (κ2) is 5.46. The van der Waals surface area contributed by atoms with Crippen molar-refractivity contribution in [2.75, 3.05) is 0 Å². The van der Waals surface area contributed by atoms with Crippen LogP contribution >= 0.6 is 0 Å². The maximum atomic E-state index is 11.7. The molecule has 0 aliphatic carbocycles. The van der Waals surface area contributed by atoms with Crippen LogP contribution in [0.25, 0.3) is 0 Å². The zero-order valence-corrected chi connectivity index (χ0v) is 10.7. The third kappa shape index (κ3) is 2.63. The van der Waals surface area contributed by atoms with Crippen LogP contribution in [0.5, 0.6) is 0 Å². The molecule has 0 aromatic rings. The molecular formula is C13H23NO2. The van der Waals surface area contributed by atoms with E-state index in [9.17, 15) is 9.59 Å². The second-order valence-corrected chi connectivity index (χ2v) is 4.93.